The summed E-state index contributed by atoms with van der Waals surface area (Å²) in [5.74, 6) is -1.25. The molecular formula is C13H25F3N2. The quantitative estimate of drug-likeness (QED) is 0.828. The summed E-state index contributed by atoms with van der Waals surface area (Å²) < 4.78 is 38.3. The van der Waals surface area contributed by atoms with Crippen LogP contribution in [0.25, 0.3) is 0 Å². The molecule has 5 heteroatoms. The van der Waals surface area contributed by atoms with Gasteiger partial charge in [-0.2, -0.15) is 13.2 Å². The second-order valence-corrected chi connectivity index (χ2v) is 5.47. The Balaban J connectivity index is 2.50. The summed E-state index contributed by atoms with van der Waals surface area (Å²) in [6.07, 6.45) is -0.517. The molecule has 1 fully saturated rings. The molecule has 2 N–H and O–H groups in total. The third-order valence-electron chi connectivity index (χ3n) is 4.09. The number of hydrogen-bond acceptors (Lipinski definition) is 2. The zero-order chi connectivity index (χ0) is 13.8. The first kappa shape index (κ1) is 15.8. The van der Waals surface area contributed by atoms with Crippen LogP contribution in [-0.2, 0) is 0 Å². The highest BCUT2D eigenvalue weighted by atomic mass is 19.4. The van der Waals surface area contributed by atoms with Crippen molar-refractivity contribution < 1.29 is 13.2 Å². The van der Waals surface area contributed by atoms with E-state index in [1.165, 1.54) is 6.42 Å². The molecule has 1 heterocycles. The highest BCUT2D eigenvalue weighted by Crippen LogP contribution is 2.32. The number of likely N-dealkylation sites (tertiary alicyclic amines) is 1. The molecule has 1 aliphatic heterocycles. The molecule has 0 saturated carbocycles. The standard InChI is InChI=1S/C13H25F3N2/c1-10-4-3-5-11(2)18(10)9-7-12(6-8-17)13(14,15)16/h10-12H,3-9,17H2,1-2H3/t10-,11+,12?. The molecule has 108 valence electrons. The van der Waals surface area contributed by atoms with Crippen molar-refractivity contribution >= 4 is 0 Å². The Morgan fingerprint density at radius 3 is 2.17 bits per heavy atom. The number of alkyl halides is 3. The normalized spacial score (nSPS) is 28.3. The lowest BCUT2D eigenvalue weighted by atomic mass is 9.95. The van der Waals surface area contributed by atoms with Crippen LogP contribution in [0.15, 0.2) is 0 Å². The van der Waals surface area contributed by atoms with Gasteiger partial charge in [-0.15, -0.1) is 0 Å². The Morgan fingerprint density at radius 2 is 1.72 bits per heavy atom. The molecule has 0 spiro atoms. The first-order valence-corrected chi connectivity index (χ1v) is 6.88. The van der Waals surface area contributed by atoms with Gasteiger partial charge in [0, 0.05) is 12.1 Å². The van der Waals surface area contributed by atoms with Gasteiger partial charge in [-0.25, -0.2) is 0 Å². The second-order valence-electron chi connectivity index (χ2n) is 5.47. The molecular weight excluding hydrogens is 241 g/mol. The third-order valence-corrected chi connectivity index (χ3v) is 4.09. The van der Waals surface area contributed by atoms with Crippen molar-refractivity contribution in [1.82, 2.24) is 4.90 Å². The molecule has 0 aromatic carbocycles. The minimum Gasteiger partial charge on any atom is -0.330 e. The fourth-order valence-electron chi connectivity index (χ4n) is 2.89. The molecule has 1 unspecified atom stereocenters. The molecule has 0 aromatic rings. The Morgan fingerprint density at radius 1 is 1.17 bits per heavy atom. The number of nitrogens with two attached hydrogens (primary N) is 1. The van der Waals surface area contributed by atoms with Gasteiger partial charge in [-0.1, -0.05) is 6.42 Å². The lowest BCUT2D eigenvalue weighted by molar-refractivity contribution is -0.179. The van der Waals surface area contributed by atoms with Crippen molar-refractivity contribution in [2.24, 2.45) is 11.7 Å². The van der Waals surface area contributed by atoms with E-state index in [9.17, 15) is 13.2 Å². The van der Waals surface area contributed by atoms with Crippen molar-refractivity contribution in [3.63, 3.8) is 0 Å². The molecule has 18 heavy (non-hydrogen) atoms. The van der Waals surface area contributed by atoms with E-state index in [-0.39, 0.29) is 19.4 Å². The number of halogens is 3. The van der Waals surface area contributed by atoms with Crippen molar-refractivity contribution in [1.29, 1.82) is 0 Å². The van der Waals surface area contributed by atoms with Crippen molar-refractivity contribution in [3.05, 3.63) is 0 Å². The van der Waals surface area contributed by atoms with Crippen LogP contribution in [0, 0.1) is 5.92 Å². The molecule has 1 aliphatic rings. The van der Waals surface area contributed by atoms with Gasteiger partial charge in [-0.3, -0.25) is 4.90 Å². The number of rotatable bonds is 5. The van der Waals surface area contributed by atoms with Crippen molar-refractivity contribution in [3.8, 4) is 0 Å². The van der Waals surface area contributed by atoms with Gasteiger partial charge in [0.05, 0.1) is 5.92 Å². The fourth-order valence-corrected chi connectivity index (χ4v) is 2.89. The van der Waals surface area contributed by atoms with Gasteiger partial charge < -0.3 is 5.73 Å². The van der Waals surface area contributed by atoms with Gasteiger partial charge in [-0.05, 0) is 52.6 Å². The van der Waals surface area contributed by atoms with Gasteiger partial charge in [0.15, 0.2) is 0 Å². The predicted molar refractivity (Wildman–Crippen MR) is 67.3 cm³/mol. The van der Waals surface area contributed by atoms with Crippen LogP contribution in [-0.4, -0.2) is 36.2 Å². The summed E-state index contributed by atoms with van der Waals surface area (Å²) in [5, 5.41) is 0. The lowest BCUT2D eigenvalue weighted by Crippen LogP contribution is -2.45. The molecule has 0 aromatic heterocycles. The summed E-state index contributed by atoms with van der Waals surface area (Å²) in [4.78, 5) is 2.22. The smallest absolute Gasteiger partial charge is 0.330 e. The van der Waals surface area contributed by atoms with Crippen LogP contribution in [0.5, 0.6) is 0 Å². The zero-order valence-corrected chi connectivity index (χ0v) is 11.3. The molecule has 3 atom stereocenters. The van der Waals surface area contributed by atoms with Crippen LogP contribution in [0.2, 0.25) is 0 Å². The molecule has 0 amide bonds. The summed E-state index contributed by atoms with van der Waals surface area (Å²) in [5.41, 5.74) is 5.28. The van der Waals surface area contributed by atoms with Gasteiger partial charge in [0.25, 0.3) is 0 Å². The average Bonchev–Trinajstić information content (AvgIpc) is 2.25. The van der Waals surface area contributed by atoms with E-state index >= 15 is 0 Å². The first-order chi connectivity index (χ1) is 8.36. The Bertz CT molecular complexity index is 231. The lowest BCUT2D eigenvalue weighted by Gasteiger charge is -2.39. The second kappa shape index (κ2) is 6.75. The Hall–Kier alpha value is -0.290. The van der Waals surface area contributed by atoms with Crippen LogP contribution in [0.3, 0.4) is 0 Å². The Labute approximate surface area is 108 Å². The zero-order valence-electron chi connectivity index (χ0n) is 11.3. The summed E-state index contributed by atoms with van der Waals surface area (Å²) >= 11 is 0. The Kier molecular flexibility index (Phi) is 5.92. The first-order valence-electron chi connectivity index (χ1n) is 6.88. The molecule has 0 aliphatic carbocycles. The predicted octanol–water partition coefficient (Wildman–Crippen LogP) is 3.17. The highest BCUT2D eigenvalue weighted by Gasteiger charge is 2.39. The molecule has 2 nitrogen and oxygen atoms in total. The van der Waals surface area contributed by atoms with E-state index in [0.29, 0.717) is 18.6 Å². The third kappa shape index (κ3) is 4.43. The largest absolute Gasteiger partial charge is 0.391 e. The van der Waals surface area contributed by atoms with E-state index < -0.39 is 12.1 Å². The highest BCUT2D eigenvalue weighted by molar-refractivity contribution is 4.81. The maximum Gasteiger partial charge on any atom is 0.391 e. The van der Waals surface area contributed by atoms with E-state index in [0.717, 1.165) is 12.8 Å². The van der Waals surface area contributed by atoms with E-state index in [1.807, 2.05) is 0 Å². The monoisotopic (exact) mass is 266 g/mol. The van der Waals surface area contributed by atoms with E-state index in [1.54, 1.807) is 0 Å². The number of piperidine rings is 1. The van der Waals surface area contributed by atoms with Crippen LogP contribution in [0.1, 0.15) is 46.0 Å². The fraction of sp³-hybridized carbons (Fsp3) is 1.00. The van der Waals surface area contributed by atoms with Crippen molar-refractivity contribution in [2.45, 2.75) is 64.2 Å². The number of nitrogens with zero attached hydrogens (tertiary/aromatic N) is 1. The summed E-state index contributed by atoms with van der Waals surface area (Å²) in [6.45, 7) is 4.87. The molecule has 0 bridgehead atoms. The molecule has 1 saturated heterocycles. The minimum absolute atomic E-state index is 0.0418. The van der Waals surface area contributed by atoms with Gasteiger partial charge in [0.1, 0.15) is 0 Å². The van der Waals surface area contributed by atoms with Crippen LogP contribution >= 0.6 is 0 Å². The average molecular weight is 266 g/mol. The van der Waals surface area contributed by atoms with Crippen molar-refractivity contribution in [2.75, 3.05) is 13.1 Å². The maximum atomic E-state index is 12.8. The number of hydrogen-bond donors (Lipinski definition) is 1. The van der Waals surface area contributed by atoms with Gasteiger partial charge in [0.2, 0.25) is 0 Å². The van der Waals surface area contributed by atoms with Crippen LogP contribution < -0.4 is 5.73 Å². The molecule has 0 radical (unpaired) electrons. The van der Waals surface area contributed by atoms with Gasteiger partial charge >= 0.3 is 6.18 Å². The molecule has 1 rings (SSSR count). The van der Waals surface area contributed by atoms with Crippen LogP contribution in [0.4, 0.5) is 13.2 Å². The summed E-state index contributed by atoms with van der Waals surface area (Å²) in [7, 11) is 0. The van der Waals surface area contributed by atoms with E-state index in [4.69, 9.17) is 5.73 Å². The maximum absolute atomic E-state index is 12.8. The van der Waals surface area contributed by atoms with E-state index in [2.05, 4.69) is 18.7 Å². The SMILES string of the molecule is C[C@@H]1CCC[C@H](C)N1CCC(CCN)C(F)(F)F. The summed E-state index contributed by atoms with van der Waals surface area (Å²) in [6, 6.07) is 0.807. The topological polar surface area (TPSA) is 29.3 Å². The minimum atomic E-state index is -4.11.